The van der Waals surface area contributed by atoms with Crippen LogP contribution in [0.5, 0.6) is 0 Å². The highest BCUT2D eigenvalue weighted by molar-refractivity contribution is 5.69. The van der Waals surface area contributed by atoms with Crippen molar-refractivity contribution in [1.29, 1.82) is 0 Å². The molecule has 3 nitrogen and oxygen atoms in total. The van der Waals surface area contributed by atoms with E-state index in [9.17, 15) is 4.79 Å². The van der Waals surface area contributed by atoms with Crippen molar-refractivity contribution >= 4 is 5.97 Å². The van der Waals surface area contributed by atoms with Crippen LogP contribution in [-0.4, -0.2) is 18.7 Å². The summed E-state index contributed by atoms with van der Waals surface area (Å²) in [7, 11) is 0. The van der Waals surface area contributed by atoms with Crippen LogP contribution in [0, 0.1) is 0 Å². The van der Waals surface area contributed by atoms with E-state index in [4.69, 9.17) is 9.47 Å². The molecule has 0 amide bonds. The molecule has 0 aromatic heterocycles. The number of carbonyl (C=O) groups excluding carboxylic acids is 1. The van der Waals surface area contributed by atoms with Crippen molar-refractivity contribution in [2.45, 2.75) is 45.8 Å². The summed E-state index contributed by atoms with van der Waals surface area (Å²) < 4.78 is 10.7. The Labute approximate surface area is 109 Å². The van der Waals surface area contributed by atoms with Gasteiger partial charge in [-0.2, -0.15) is 0 Å². The van der Waals surface area contributed by atoms with Crippen LogP contribution in [0.3, 0.4) is 0 Å². The molecular formula is C15H22O3. The second kappa shape index (κ2) is 8.70. The molecule has 1 rings (SSSR count). The standard InChI is InChI=1S/C15H22O3/c1-3-4-10-17-13(2)11-15(16)18-12-14-8-6-5-7-9-14/h5-9,13H,3-4,10-12H2,1-2H3/t13-/m1/s1. The van der Waals surface area contributed by atoms with Gasteiger partial charge in [0.1, 0.15) is 6.61 Å². The molecule has 0 fully saturated rings. The molecular weight excluding hydrogens is 228 g/mol. The first-order chi connectivity index (χ1) is 8.72. The van der Waals surface area contributed by atoms with Crippen LogP contribution in [0.1, 0.15) is 38.7 Å². The van der Waals surface area contributed by atoms with Crippen LogP contribution in [0.4, 0.5) is 0 Å². The zero-order valence-electron chi connectivity index (χ0n) is 11.2. The first-order valence-electron chi connectivity index (χ1n) is 6.53. The van der Waals surface area contributed by atoms with Gasteiger partial charge < -0.3 is 9.47 Å². The lowest BCUT2D eigenvalue weighted by molar-refractivity contribution is -0.147. The maximum Gasteiger partial charge on any atom is 0.308 e. The number of carbonyl (C=O) groups is 1. The molecule has 1 aromatic rings. The average Bonchev–Trinajstić information content (AvgIpc) is 2.38. The van der Waals surface area contributed by atoms with E-state index >= 15 is 0 Å². The first-order valence-corrected chi connectivity index (χ1v) is 6.53. The predicted octanol–water partition coefficient (Wildman–Crippen LogP) is 3.33. The van der Waals surface area contributed by atoms with Gasteiger partial charge in [-0.1, -0.05) is 43.7 Å². The average molecular weight is 250 g/mol. The largest absolute Gasteiger partial charge is 0.461 e. The van der Waals surface area contributed by atoms with Crippen molar-refractivity contribution in [2.75, 3.05) is 6.61 Å². The Bertz CT molecular complexity index is 335. The molecule has 0 N–H and O–H groups in total. The number of ether oxygens (including phenoxy) is 2. The molecule has 0 bridgehead atoms. The van der Waals surface area contributed by atoms with E-state index in [-0.39, 0.29) is 12.1 Å². The summed E-state index contributed by atoms with van der Waals surface area (Å²) in [6.45, 7) is 5.06. The molecule has 1 aromatic carbocycles. The number of benzene rings is 1. The normalized spacial score (nSPS) is 12.1. The number of hydrogen-bond donors (Lipinski definition) is 0. The Kier molecular flexibility index (Phi) is 7.11. The van der Waals surface area contributed by atoms with Crippen LogP contribution in [0.15, 0.2) is 30.3 Å². The fraction of sp³-hybridized carbons (Fsp3) is 0.533. The van der Waals surface area contributed by atoms with Gasteiger partial charge in [-0.05, 0) is 18.9 Å². The van der Waals surface area contributed by atoms with Crippen LogP contribution in [0.2, 0.25) is 0 Å². The van der Waals surface area contributed by atoms with Gasteiger partial charge >= 0.3 is 5.97 Å². The summed E-state index contributed by atoms with van der Waals surface area (Å²) in [6, 6.07) is 9.68. The topological polar surface area (TPSA) is 35.5 Å². The zero-order valence-corrected chi connectivity index (χ0v) is 11.2. The van der Waals surface area contributed by atoms with Gasteiger partial charge in [0.15, 0.2) is 0 Å². The minimum absolute atomic E-state index is 0.0696. The quantitative estimate of drug-likeness (QED) is 0.524. The minimum atomic E-state index is -0.206. The predicted molar refractivity (Wildman–Crippen MR) is 71.2 cm³/mol. The van der Waals surface area contributed by atoms with E-state index in [1.165, 1.54) is 0 Å². The summed E-state index contributed by atoms with van der Waals surface area (Å²) in [5.74, 6) is -0.206. The summed E-state index contributed by atoms with van der Waals surface area (Å²) in [6.07, 6.45) is 2.38. The Balaban J connectivity index is 2.17. The molecule has 0 radical (unpaired) electrons. The van der Waals surface area contributed by atoms with Crippen LogP contribution in [-0.2, 0) is 20.9 Å². The molecule has 0 saturated heterocycles. The van der Waals surface area contributed by atoms with Crippen molar-refractivity contribution in [1.82, 2.24) is 0 Å². The molecule has 18 heavy (non-hydrogen) atoms. The molecule has 0 aliphatic rings. The van der Waals surface area contributed by atoms with Crippen molar-refractivity contribution < 1.29 is 14.3 Å². The van der Waals surface area contributed by atoms with Crippen molar-refractivity contribution in [2.24, 2.45) is 0 Å². The van der Waals surface area contributed by atoms with Crippen molar-refractivity contribution in [3.8, 4) is 0 Å². The fourth-order valence-corrected chi connectivity index (χ4v) is 1.52. The first kappa shape index (κ1) is 14.7. The fourth-order valence-electron chi connectivity index (χ4n) is 1.52. The molecule has 0 unspecified atom stereocenters. The second-order valence-corrected chi connectivity index (χ2v) is 4.39. The van der Waals surface area contributed by atoms with E-state index in [0.717, 1.165) is 18.4 Å². The lowest BCUT2D eigenvalue weighted by Crippen LogP contribution is -2.16. The van der Waals surface area contributed by atoms with Crippen LogP contribution in [0.25, 0.3) is 0 Å². The van der Waals surface area contributed by atoms with E-state index in [2.05, 4.69) is 6.92 Å². The van der Waals surface area contributed by atoms with Crippen LogP contribution < -0.4 is 0 Å². The molecule has 0 heterocycles. The Morgan fingerprint density at radius 3 is 2.67 bits per heavy atom. The second-order valence-electron chi connectivity index (χ2n) is 4.39. The third-order valence-electron chi connectivity index (χ3n) is 2.60. The summed E-state index contributed by atoms with van der Waals surface area (Å²) in [4.78, 5) is 11.6. The van der Waals surface area contributed by atoms with Gasteiger partial charge in [0.25, 0.3) is 0 Å². The molecule has 1 atom stereocenters. The van der Waals surface area contributed by atoms with E-state index < -0.39 is 0 Å². The van der Waals surface area contributed by atoms with Gasteiger partial charge in [-0.15, -0.1) is 0 Å². The molecule has 0 spiro atoms. The number of hydrogen-bond acceptors (Lipinski definition) is 3. The summed E-state index contributed by atoms with van der Waals surface area (Å²) in [5.41, 5.74) is 1.01. The smallest absolute Gasteiger partial charge is 0.308 e. The monoisotopic (exact) mass is 250 g/mol. The highest BCUT2D eigenvalue weighted by Gasteiger charge is 2.10. The third-order valence-corrected chi connectivity index (χ3v) is 2.60. The van der Waals surface area contributed by atoms with E-state index in [1.54, 1.807) is 0 Å². The van der Waals surface area contributed by atoms with Gasteiger partial charge in [-0.3, -0.25) is 4.79 Å². The van der Waals surface area contributed by atoms with Crippen molar-refractivity contribution in [3.05, 3.63) is 35.9 Å². The van der Waals surface area contributed by atoms with Crippen molar-refractivity contribution in [3.63, 3.8) is 0 Å². The number of unbranched alkanes of at least 4 members (excludes halogenated alkanes) is 1. The number of rotatable bonds is 8. The SMILES string of the molecule is CCCCO[C@H](C)CC(=O)OCc1ccccc1. The van der Waals surface area contributed by atoms with Gasteiger partial charge in [-0.25, -0.2) is 0 Å². The maximum atomic E-state index is 11.6. The molecule has 100 valence electrons. The van der Waals surface area contributed by atoms with Gasteiger partial charge in [0.2, 0.25) is 0 Å². The summed E-state index contributed by atoms with van der Waals surface area (Å²) >= 11 is 0. The molecule has 0 aliphatic carbocycles. The van der Waals surface area contributed by atoms with Crippen LogP contribution >= 0.6 is 0 Å². The van der Waals surface area contributed by atoms with Gasteiger partial charge in [0.05, 0.1) is 12.5 Å². The molecule has 0 aliphatic heterocycles. The maximum absolute atomic E-state index is 11.6. The molecule has 0 saturated carbocycles. The highest BCUT2D eigenvalue weighted by atomic mass is 16.5. The zero-order chi connectivity index (χ0) is 13.2. The lowest BCUT2D eigenvalue weighted by Gasteiger charge is -2.12. The van der Waals surface area contributed by atoms with E-state index in [0.29, 0.717) is 19.6 Å². The summed E-state index contributed by atoms with van der Waals surface area (Å²) in [5, 5.41) is 0. The number of esters is 1. The molecule has 3 heteroatoms. The van der Waals surface area contributed by atoms with E-state index in [1.807, 2.05) is 37.3 Å². The third kappa shape index (κ3) is 6.40. The Morgan fingerprint density at radius 1 is 1.28 bits per heavy atom. The minimum Gasteiger partial charge on any atom is -0.461 e. The Morgan fingerprint density at radius 2 is 2.00 bits per heavy atom. The lowest BCUT2D eigenvalue weighted by atomic mass is 10.2. The highest BCUT2D eigenvalue weighted by Crippen LogP contribution is 2.05. The Hall–Kier alpha value is -1.35. The van der Waals surface area contributed by atoms with Gasteiger partial charge in [0, 0.05) is 6.61 Å².